The van der Waals surface area contributed by atoms with Gasteiger partial charge in [0.05, 0.1) is 45.1 Å². The van der Waals surface area contributed by atoms with Gasteiger partial charge in [0.2, 0.25) is 0 Å². The molecule has 1 N–H and O–H groups in total. The van der Waals surface area contributed by atoms with Gasteiger partial charge in [0.25, 0.3) is 11.7 Å². The monoisotopic (exact) mass is 460 g/mol. The Morgan fingerprint density at radius 3 is 2.41 bits per heavy atom. The molecule has 8 nitrogen and oxygen atoms in total. The number of nitrogens with zero attached hydrogens (tertiary/aromatic N) is 2. The molecule has 8 heteroatoms. The summed E-state index contributed by atoms with van der Waals surface area (Å²) in [6, 6.07) is 14.7. The highest BCUT2D eigenvalue weighted by atomic mass is 16.5. The molecule has 1 unspecified atom stereocenters. The van der Waals surface area contributed by atoms with Crippen molar-refractivity contribution >= 4 is 17.4 Å². The number of methoxy groups -OCH3 is 3. The molecule has 0 radical (unpaired) electrons. The third kappa shape index (κ3) is 4.05. The number of carbonyl (C=O) groups is 2. The third-order valence-corrected chi connectivity index (χ3v) is 5.74. The first-order valence-corrected chi connectivity index (χ1v) is 10.5. The van der Waals surface area contributed by atoms with Gasteiger partial charge in [-0.3, -0.25) is 14.6 Å². The fourth-order valence-electron chi connectivity index (χ4n) is 4.08. The Labute approximate surface area is 197 Å². The van der Waals surface area contributed by atoms with E-state index >= 15 is 0 Å². The summed E-state index contributed by atoms with van der Waals surface area (Å²) in [6.07, 6.45) is 3.17. The number of aromatic nitrogens is 1. The Kier molecular flexibility index (Phi) is 6.49. The van der Waals surface area contributed by atoms with Crippen LogP contribution in [0.5, 0.6) is 17.2 Å². The Morgan fingerprint density at radius 2 is 1.74 bits per heavy atom. The molecular weight excluding hydrogens is 436 g/mol. The quantitative estimate of drug-likeness (QED) is 0.326. The van der Waals surface area contributed by atoms with Crippen LogP contribution in [-0.4, -0.2) is 48.0 Å². The first-order chi connectivity index (χ1) is 16.5. The lowest BCUT2D eigenvalue weighted by molar-refractivity contribution is -0.140. The maximum Gasteiger partial charge on any atom is 0.295 e. The van der Waals surface area contributed by atoms with Gasteiger partial charge in [-0.05, 0) is 29.8 Å². The molecule has 2 aromatic carbocycles. The zero-order valence-corrected chi connectivity index (χ0v) is 19.0. The average molecular weight is 460 g/mol. The van der Waals surface area contributed by atoms with E-state index in [0.717, 1.165) is 5.56 Å². The van der Waals surface area contributed by atoms with E-state index in [1.54, 1.807) is 55.9 Å². The fraction of sp³-hybridized carbons (Fsp3) is 0.192. The first-order valence-electron chi connectivity index (χ1n) is 10.5. The molecule has 1 aliphatic heterocycles. The van der Waals surface area contributed by atoms with Crippen LogP contribution >= 0.6 is 0 Å². The summed E-state index contributed by atoms with van der Waals surface area (Å²) in [7, 11) is 4.51. The maximum absolute atomic E-state index is 13.3. The van der Waals surface area contributed by atoms with Crippen LogP contribution < -0.4 is 14.2 Å². The number of likely N-dealkylation sites (tertiary alicyclic amines) is 1. The first kappa shape index (κ1) is 22.8. The van der Waals surface area contributed by atoms with Gasteiger partial charge in [-0.1, -0.05) is 24.3 Å². The van der Waals surface area contributed by atoms with Gasteiger partial charge in [-0.2, -0.15) is 0 Å². The van der Waals surface area contributed by atoms with Gasteiger partial charge >= 0.3 is 0 Å². The minimum Gasteiger partial charge on any atom is -0.507 e. The molecule has 1 aromatic heterocycles. The highest BCUT2D eigenvalue weighted by molar-refractivity contribution is 6.46. The van der Waals surface area contributed by atoms with Gasteiger partial charge in [-0.15, -0.1) is 0 Å². The van der Waals surface area contributed by atoms with Crippen LogP contribution in [0.4, 0.5) is 0 Å². The van der Waals surface area contributed by atoms with Crippen molar-refractivity contribution in [3.05, 3.63) is 89.3 Å². The Hall–Kier alpha value is -4.33. The smallest absolute Gasteiger partial charge is 0.295 e. The number of Topliss-reactive ketones (excluding diaryl/α,β-unsaturated/α-hetero) is 1. The second-order valence-corrected chi connectivity index (χ2v) is 7.59. The zero-order valence-electron chi connectivity index (χ0n) is 19.0. The average Bonchev–Trinajstić information content (AvgIpc) is 3.13. The number of aliphatic hydroxyl groups is 1. The Morgan fingerprint density at radius 1 is 0.971 bits per heavy atom. The van der Waals surface area contributed by atoms with Crippen LogP contribution in [0.2, 0.25) is 0 Å². The van der Waals surface area contributed by atoms with Crippen molar-refractivity contribution in [3.8, 4) is 17.2 Å². The van der Waals surface area contributed by atoms with Gasteiger partial charge < -0.3 is 24.2 Å². The topological polar surface area (TPSA) is 98.2 Å². The predicted molar refractivity (Wildman–Crippen MR) is 125 cm³/mol. The van der Waals surface area contributed by atoms with Crippen molar-refractivity contribution in [3.63, 3.8) is 0 Å². The second-order valence-electron chi connectivity index (χ2n) is 7.59. The van der Waals surface area contributed by atoms with E-state index in [-0.39, 0.29) is 23.4 Å². The minimum atomic E-state index is -0.856. The lowest BCUT2D eigenvalue weighted by atomic mass is 9.95. The number of para-hydroxylation sites is 1. The number of hydrogen-bond donors (Lipinski definition) is 1. The summed E-state index contributed by atoms with van der Waals surface area (Å²) in [4.78, 5) is 32.0. The summed E-state index contributed by atoms with van der Waals surface area (Å²) in [5, 5.41) is 11.3. The molecule has 3 aromatic rings. The van der Waals surface area contributed by atoms with E-state index in [1.807, 2.05) is 18.2 Å². The highest BCUT2D eigenvalue weighted by Gasteiger charge is 2.46. The molecule has 0 aliphatic carbocycles. The van der Waals surface area contributed by atoms with Gasteiger partial charge in [0.1, 0.15) is 23.0 Å². The fourth-order valence-corrected chi connectivity index (χ4v) is 4.08. The van der Waals surface area contributed by atoms with E-state index in [0.29, 0.717) is 22.8 Å². The molecular formula is C26H24N2O6. The molecule has 0 saturated carbocycles. The van der Waals surface area contributed by atoms with Gasteiger partial charge in [0.15, 0.2) is 0 Å². The Bertz CT molecular complexity index is 1260. The van der Waals surface area contributed by atoms with Crippen LogP contribution in [0.3, 0.4) is 0 Å². The maximum atomic E-state index is 13.3. The van der Waals surface area contributed by atoms with Crippen LogP contribution in [0.1, 0.15) is 22.7 Å². The van der Waals surface area contributed by atoms with Crippen LogP contribution in [0, 0.1) is 0 Å². The van der Waals surface area contributed by atoms with Crippen LogP contribution in [0.15, 0.2) is 72.6 Å². The summed E-state index contributed by atoms with van der Waals surface area (Å²) >= 11 is 0. The molecule has 34 heavy (non-hydrogen) atoms. The number of amides is 1. The normalized spacial score (nSPS) is 17.0. The van der Waals surface area contributed by atoms with Crippen molar-refractivity contribution in [2.45, 2.75) is 12.6 Å². The molecule has 4 rings (SSSR count). The van der Waals surface area contributed by atoms with Crippen LogP contribution in [-0.2, 0) is 16.1 Å². The summed E-state index contributed by atoms with van der Waals surface area (Å²) in [6.45, 7) is 0.102. The van der Waals surface area contributed by atoms with E-state index in [9.17, 15) is 14.7 Å². The second kappa shape index (κ2) is 9.66. The standard InChI is InChI=1S/C26H24N2O6/c1-32-18-10-11-19(21(13-18)34-3)24(29)22-23(16-8-6-12-27-14-16)28(26(31)25(22)30)15-17-7-4-5-9-20(17)33-2/h4-14,23,29H,15H2,1-3H3/b24-22-. The summed E-state index contributed by atoms with van der Waals surface area (Å²) < 4.78 is 16.1. The number of pyridine rings is 1. The van der Waals surface area contributed by atoms with Crippen molar-refractivity contribution in [1.29, 1.82) is 0 Å². The van der Waals surface area contributed by atoms with Crippen molar-refractivity contribution < 1.29 is 28.9 Å². The third-order valence-electron chi connectivity index (χ3n) is 5.74. The number of hydrogen-bond acceptors (Lipinski definition) is 7. The molecule has 1 aliphatic rings. The number of ether oxygens (including phenoxy) is 3. The highest BCUT2D eigenvalue weighted by Crippen LogP contribution is 2.42. The number of ketones is 1. The summed E-state index contributed by atoms with van der Waals surface area (Å²) in [5.74, 6) is -0.445. The van der Waals surface area contributed by atoms with Crippen LogP contribution in [0.25, 0.3) is 5.76 Å². The molecule has 1 atom stereocenters. The number of benzene rings is 2. The Balaban J connectivity index is 1.88. The molecule has 1 saturated heterocycles. The molecule has 2 heterocycles. The lowest BCUT2D eigenvalue weighted by Gasteiger charge is -2.26. The van der Waals surface area contributed by atoms with E-state index in [1.165, 1.54) is 19.1 Å². The largest absolute Gasteiger partial charge is 0.507 e. The molecule has 0 spiro atoms. The number of rotatable bonds is 7. The summed E-state index contributed by atoms with van der Waals surface area (Å²) in [5.41, 5.74) is 1.54. The minimum absolute atomic E-state index is 0.0450. The van der Waals surface area contributed by atoms with Crippen molar-refractivity contribution in [2.24, 2.45) is 0 Å². The molecule has 174 valence electrons. The van der Waals surface area contributed by atoms with E-state index in [4.69, 9.17) is 14.2 Å². The van der Waals surface area contributed by atoms with E-state index in [2.05, 4.69) is 4.98 Å². The van der Waals surface area contributed by atoms with E-state index < -0.39 is 17.7 Å². The number of aliphatic hydroxyl groups excluding tert-OH is 1. The lowest BCUT2D eigenvalue weighted by Crippen LogP contribution is -2.29. The molecule has 0 bridgehead atoms. The SMILES string of the molecule is COc1ccc(/C(O)=C2/C(=O)C(=O)N(Cc3ccccc3OC)C2c2cccnc2)c(OC)c1. The van der Waals surface area contributed by atoms with Crippen molar-refractivity contribution in [2.75, 3.05) is 21.3 Å². The van der Waals surface area contributed by atoms with Gasteiger partial charge in [-0.25, -0.2) is 0 Å². The number of carbonyl (C=O) groups excluding carboxylic acids is 2. The van der Waals surface area contributed by atoms with Crippen molar-refractivity contribution in [1.82, 2.24) is 9.88 Å². The predicted octanol–water partition coefficient (Wildman–Crippen LogP) is 3.73. The molecule has 1 amide bonds. The molecule has 1 fully saturated rings. The zero-order chi connectivity index (χ0) is 24.2. The van der Waals surface area contributed by atoms with Gasteiger partial charge in [0, 0.05) is 24.0 Å².